The molecule has 24 heavy (non-hydrogen) atoms. The molecule has 1 N–H and O–H groups in total. The number of nitrogens with one attached hydrogen (secondary N) is 1. The second-order valence-electron chi connectivity index (χ2n) is 5.08. The summed E-state index contributed by atoms with van der Waals surface area (Å²) in [5.74, 6) is 1.24. The second kappa shape index (κ2) is 7.62. The molecular weight excluding hydrogens is 324 g/mol. The Hall–Kier alpha value is -2.85. The number of aromatic nitrogens is 1. The van der Waals surface area contributed by atoms with E-state index >= 15 is 0 Å². The van der Waals surface area contributed by atoms with Crippen molar-refractivity contribution in [3.63, 3.8) is 0 Å². The van der Waals surface area contributed by atoms with Gasteiger partial charge in [0.05, 0.1) is 5.56 Å². The van der Waals surface area contributed by atoms with E-state index in [2.05, 4.69) is 10.3 Å². The van der Waals surface area contributed by atoms with Crippen LogP contribution in [0.5, 0.6) is 11.5 Å². The molecule has 120 valence electrons. The van der Waals surface area contributed by atoms with Crippen molar-refractivity contribution >= 4 is 17.5 Å². The largest absolute Gasteiger partial charge is 0.457 e. The van der Waals surface area contributed by atoms with Crippen LogP contribution in [0.25, 0.3) is 0 Å². The molecule has 0 saturated heterocycles. The smallest absolute Gasteiger partial charge is 0.253 e. The first kappa shape index (κ1) is 16.0. The molecule has 0 bridgehead atoms. The summed E-state index contributed by atoms with van der Waals surface area (Å²) in [4.78, 5) is 16.1. The van der Waals surface area contributed by atoms with Gasteiger partial charge in [-0.15, -0.1) is 0 Å². The quantitative estimate of drug-likeness (QED) is 0.699. The van der Waals surface area contributed by atoms with Crippen LogP contribution in [0.2, 0.25) is 5.15 Å². The molecular formula is C19H15ClN2O2. The zero-order valence-corrected chi connectivity index (χ0v) is 13.5. The first-order chi connectivity index (χ1) is 11.7. The first-order valence-electron chi connectivity index (χ1n) is 7.43. The SMILES string of the molecule is O=C(NCc1ccccc1Oc1ccccc1)c1ccc(Cl)nc1. The van der Waals surface area contributed by atoms with Gasteiger partial charge in [-0.2, -0.15) is 0 Å². The molecule has 1 heterocycles. The van der Waals surface area contributed by atoms with Gasteiger partial charge in [0, 0.05) is 18.3 Å². The fourth-order valence-electron chi connectivity index (χ4n) is 2.15. The highest BCUT2D eigenvalue weighted by Crippen LogP contribution is 2.24. The lowest BCUT2D eigenvalue weighted by atomic mass is 10.2. The van der Waals surface area contributed by atoms with Gasteiger partial charge in [-0.3, -0.25) is 4.79 Å². The number of carbonyl (C=O) groups excluding carboxylic acids is 1. The third-order valence-corrected chi connectivity index (χ3v) is 3.60. The number of nitrogens with zero attached hydrogens (tertiary/aromatic N) is 1. The van der Waals surface area contributed by atoms with Crippen molar-refractivity contribution in [1.82, 2.24) is 10.3 Å². The van der Waals surface area contributed by atoms with Gasteiger partial charge in [-0.05, 0) is 30.3 Å². The lowest BCUT2D eigenvalue weighted by Crippen LogP contribution is -2.23. The predicted molar refractivity (Wildman–Crippen MR) is 93.4 cm³/mol. The molecule has 0 aliphatic rings. The van der Waals surface area contributed by atoms with Crippen LogP contribution >= 0.6 is 11.6 Å². The predicted octanol–water partition coefficient (Wildman–Crippen LogP) is 4.46. The Balaban J connectivity index is 1.69. The van der Waals surface area contributed by atoms with Crippen LogP contribution in [0, 0.1) is 0 Å². The number of hydrogen-bond donors (Lipinski definition) is 1. The van der Waals surface area contributed by atoms with Crippen LogP contribution < -0.4 is 10.1 Å². The lowest BCUT2D eigenvalue weighted by molar-refractivity contribution is 0.0950. The maximum absolute atomic E-state index is 12.2. The molecule has 0 radical (unpaired) electrons. The number of amides is 1. The third-order valence-electron chi connectivity index (χ3n) is 3.37. The Labute approximate surface area is 145 Å². The summed E-state index contributed by atoms with van der Waals surface area (Å²) in [6, 6.07) is 20.3. The van der Waals surface area contributed by atoms with E-state index in [1.165, 1.54) is 6.20 Å². The average Bonchev–Trinajstić information content (AvgIpc) is 2.62. The molecule has 0 atom stereocenters. The van der Waals surface area contributed by atoms with Crippen molar-refractivity contribution in [1.29, 1.82) is 0 Å². The maximum atomic E-state index is 12.2. The molecule has 0 unspecified atom stereocenters. The number of halogens is 1. The molecule has 0 aliphatic carbocycles. The number of carbonyl (C=O) groups is 1. The third kappa shape index (κ3) is 4.12. The van der Waals surface area contributed by atoms with E-state index in [-0.39, 0.29) is 5.91 Å². The molecule has 1 aromatic heterocycles. The zero-order chi connectivity index (χ0) is 16.8. The van der Waals surface area contributed by atoms with E-state index in [0.717, 1.165) is 11.3 Å². The topological polar surface area (TPSA) is 51.2 Å². The summed E-state index contributed by atoms with van der Waals surface area (Å²) in [6.45, 7) is 0.352. The molecule has 0 saturated carbocycles. The average molecular weight is 339 g/mol. The van der Waals surface area contributed by atoms with Crippen molar-refractivity contribution in [2.45, 2.75) is 6.54 Å². The van der Waals surface area contributed by atoms with Gasteiger partial charge in [0.1, 0.15) is 16.7 Å². The van der Waals surface area contributed by atoms with Gasteiger partial charge in [0.2, 0.25) is 0 Å². The van der Waals surface area contributed by atoms with Crippen LogP contribution in [-0.4, -0.2) is 10.9 Å². The van der Waals surface area contributed by atoms with E-state index < -0.39 is 0 Å². The van der Waals surface area contributed by atoms with Crippen LogP contribution in [0.15, 0.2) is 72.9 Å². The molecule has 3 aromatic rings. The Morgan fingerprint density at radius 3 is 2.50 bits per heavy atom. The van der Waals surface area contributed by atoms with Gasteiger partial charge < -0.3 is 10.1 Å². The first-order valence-corrected chi connectivity index (χ1v) is 7.81. The highest BCUT2D eigenvalue weighted by atomic mass is 35.5. The normalized spacial score (nSPS) is 10.2. The standard InChI is InChI=1S/C19H15ClN2O2/c20-18-11-10-15(13-21-18)19(23)22-12-14-6-4-5-9-17(14)24-16-7-2-1-3-8-16/h1-11,13H,12H2,(H,22,23). The summed E-state index contributed by atoms with van der Waals surface area (Å²) < 4.78 is 5.88. The second-order valence-corrected chi connectivity index (χ2v) is 5.46. The molecule has 0 spiro atoms. The molecule has 1 amide bonds. The minimum atomic E-state index is -0.214. The molecule has 4 nitrogen and oxygen atoms in total. The Morgan fingerprint density at radius 2 is 1.75 bits per heavy atom. The number of pyridine rings is 1. The van der Waals surface area contributed by atoms with Crippen molar-refractivity contribution in [2.24, 2.45) is 0 Å². The summed E-state index contributed by atoms with van der Waals surface area (Å²) in [7, 11) is 0. The van der Waals surface area contributed by atoms with E-state index in [1.54, 1.807) is 12.1 Å². The van der Waals surface area contributed by atoms with Crippen LogP contribution in [0.4, 0.5) is 0 Å². The van der Waals surface area contributed by atoms with Gasteiger partial charge in [0.15, 0.2) is 0 Å². The number of benzene rings is 2. The van der Waals surface area contributed by atoms with E-state index in [1.807, 2.05) is 54.6 Å². The highest BCUT2D eigenvalue weighted by Gasteiger charge is 2.09. The summed E-state index contributed by atoms with van der Waals surface area (Å²) in [5.41, 5.74) is 1.34. The minimum absolute atomic E-state index is 0.214. The Kier molecular flexibility index (Phi) is 5.08. The monoisotopic (exact) mass is 338 g/mol. The molecule has 0 fully saturated rings. The van der Waals surface area contributed by atoms with Crippen LogP contribution in [0.1, 0.15) is 15.9 Å². The van der Waals surface area contributed by atoms with Crippen molar-refractivity contribution in [3.8, 4) is 11.5 Å². The fraction of sp³-hybridized carbons (Fsp3) is 0.0526. The zero-order valence-electron chi connectivity index (χ0n) is 12.8. The lowest BCUT2D eigenvalue weighted by Gasteiger charge is -2.12. The van der Waals surface area contributed by atoms with E-state index in [9.17, 15) is 4.79 Å². The van der Waals surface area contributed by atoms with Crippen molar-refractivity contribution in [3.05, 3.63) is 89.2 Å². The number of ether oxygens (including phenoxy) is 1. The summed E-state index contributed by atoms with van der Waals surface area (Å²) in [6.07, 6.45) is 1.45. The fourth-order valence-corrected chi connectivity index (χ4v) is 2.26. The van der Waals surface area contributed by atoms with E-state index in [4.69, 9.17) is 16.3 Å². The summed E-state index contributed by atoms with van der Waals surface area (Å²) in [5, 5.41) is 3.21. The number of rotatable bonds is 5. The van der Waals surface area contributed by atoms with Crippen molar-refractivity contribution in [2.75, 3.05) is 0 Å². The minimum Gasteiger partial charge on any atom is -0.457 e. The van der Waals surface area contributed by atoms with Crippen molar-refractivity contribution < 1.29 is 9.53 Å². The highest BCUT2D eigenvalue weighted by molar-refractivity contribution is 6.29. The van der Waals surface area contributed by atoms with E-state index in [0.29, 0.717) is 23.0 Å². The Morgan fingerprint density at radius 1 is 1.00 bits per heavy atom. The Bertz CT molecular complexity index is 820. The van der Waals surface area contributed by atoms with Gasteiger partial charge >= 0.3 is 0 Å². The molecule has 3 rings (SSSR count). The van der Waals surface area contributed by atoms with Gasteiger partial charge in [0.25, 0.3) is 5.91 Å². The van der Waals surface area contributed by atoms with Crippen LogP contribution in [0.3, 0.4) is 0 Å². The van der Waals surface area contributed by atoms with Crippen LogP contribution in [-0.2, 0) is 6.54 Å². The molecule has 0 aliphatic heterocycles. The number of para-hydroxylation sites is 2. The number of hydrogen-bond acceptors (Lipinski definition) is 3. The van der Waals surface area contributed by atoms with Gasteiger partial charge in [-0.25, -0.2) is 4.98 Å². The van der Waals surface area contributed by atoms with Gasteiger partial charge in [-0.1, -0.05) is 48.0 Å². The maximum Gasteiger partial charge on any atom is 0.253 e. The summed E-state index contributed by atoms with van der Waals surface area (Å²) >= 11 is 5.73. The molecule has 5 heteroatoms. The molecule has 2 aromatic carbocycles.